The Morgan fingerprint density at radius 3 is 2.25 bits per heavy atom. The van der Waals surface area contributed by atoms with E-state index in [2.05, 4.69) is 17.9 Å². The van der Waals surface area contributed by atoms with Crippen molar-refractivity contribution < 1.29 is 19.1 Å². The van der Waals surface area contributed by atoms with Crippen LogP contribution in [0.1, 0.15) is 37.8 Å². The van der Waals surface area contributed by atoms with Crippen LogP contribution in [0.25, 0.3) is 0 Å². The molecule has 28 heavy (non-hydrogen) atoms. The fraction of sp³-hybridized carbons (Fsp3) is 0.364. The number of hydrogen-bond acceptors (Lipinski definition) is 4. The van der Waals surface area contributed by atoms with Crippen LogP contribution in [0.5, 0.6) is 5.75 Å². The molecule has 0 fully saturated rings. The molecule has 1 unspecified atom stereocenters. The number of carbonyl (C=O) groups is 2. The summed E-state index contributed by atoms with van der Waals surface area (Å²) in [4.78, 5) is 23.5. The maximum atomic E-state index is 11.9. The second-order valence-electron chi connectivity index (χ2n) is 7.43. The lowest BCUT2D eigenvalue weighted by Gasteiger charge is -2.19. The third-order valence-corrected chi connectivity index (χ3v) is 4.21. The summed E-state index contributed by atoms with van der Waals surface area (Å²) in [6.07, 6.45) is 0.113. The van der Waals surface area contributed by atoms with E-state index in [0.29, 0.717) is 25.3 Å². The minimum absolute atomic E-state index is 0.153. The lowest BCUT2D eigenvalue weighted by molar-refractivity contribution is -0.112. The summed E-state index contributed by atoms with van der Waals surface area (Å²) in [6, 6.07) is 17.2. The van der Waals surface area contributed by atoms with Crippen molar-refractivity contribution in [3.8, 4) is 5.75 Å². The van der Waals surface area contributed by atoms with Gasteiger partial charge in [0.25, 0.3) is 0 Å². The van der Waals surface area contributed by atoms with Gasteiger partial charge in [0, 0.05) is 0 Å². The second kappa shape index (κ2) is 10.2. The Morgan fingerprint density at radius 2 is 1.68 bits per heavy atom. The average Bonchev–Trinajstić information content (AvgIpc) is 2.63. The molecular weight excluding hydrogens is 374 g/mol. The van der Waals surface area contributed by atoms with Gasteiger partial charge in [-0.15, -0.1) is 12.6 Å². The van der Waals surface area contributed by atoms with E-state index in [4.69, 9.17) is 9.47 Å². The molecule has 6 heteroatoms. The second-order valence-corrected chi connectivity index (χ2v) is 7.87. The molecule has 1 N–H and O–H groups in total. The highest BCUT2D eigenvalue weighted by atomic mass is 32.1. The molecule has 2 aromatic carbocycles. The van der Waals surface area contributed by atoms with Crippen LogP contribution in [-0.2, 0) is 16.0 Å². The van der Waals surface area contributed by atoms with Crippen molar-refractivity contribution in [1.29, 1.82) is 0 Å². The van der Waals surface area contributed by atoms with Gasteiger partial charge in [0.2, 0.25) is 0 Å². The zero-order valence-corrected chi connectivity index (χ0v) is 17.4. The Kier molecular flexibility index (Phi) is 7.93. The number of thiol groups is 1. The SMILES string of the molecule is CC(C)(C)OC(=O)NCCOc1ccc(CC(C(=O)S)c2ccccc2)cc1. The fourth-order valence-electron chi connectivity index (χ4n) is 2.63. The number of carbonyl (C=O) groups excluding carboxylic acids is 2. The summed E-state index contributed by atoms with van der Waals surface area (Å²) in [6.45, 7) is 6.12. The zero-order chi connectivity index (χ0) is 20.6. The maximum absolute atomic E-state index is 11.9. The van der Waals surface area contributed by atoms with Crippen LogP contribution in [0.3, 0.4) is 0 Å². The van der Waals surface area contributed by atoms with Gasteiger partial charge in [-0.05, 0) is 50.5 Å². The molecule has 2 rings (SSSR count). The van der Waals surface area contributed by atoms with E-state index in [1.54, 1.807) is 0 Å². The molecule has 1 amide bonds. The largest absolute Gasteiger partial charge is 0.492 e. The maximum Gasteiger partial charge on any atom is 0.407 e. The monoisotopic (exact) mass is 401 g/mol. The smallest absolute Gasteiger partial charge is 0.407 e. The highest BCUT2D eigenvalue weighted by molar-refractivity contribution is 7.96. The van der Waals surface area contributed by atoms with Gasteiger partial charge in [-0.2, -0.15) is 0 Å². The average molecular weight is 402 g/mol. The van der Waals surface area contributed by atoms with E-state index in [9.17, 15) is 9.59 Å². The van der Waals surface area contributed by atoms with Crippen LogP contribution in [0.4, 0.5) is 4.79 Å². The molecule has 0 aliphatic carbocycles. The van der Waals surface area contributed by atoms with Crippen molar-refractivity contribution in [1.82, 2.24) is 5.32 Å². The number of rotatable bonds is 8. The van der Waals surface area contributed by atoms with Crippen molar-refractivity contribution in [3.63, 3.8) is 0 Å². The normalized spacial score (nSPS) is 12.1. The predicted octanol–water partition coefficient (Wildman–Crippen LogP) is 4.37. The first-order chi connectivity index (χ1) is 13.2. The van der Waals surface area contributed by atoms with E-state index in [-0.39, 0.29) is 11.0 Å². The Labute approximate surface area is 171 Å². The van der Waals surface area contributed by atoms with Crippen LogP contribution in [0, 0.1) is 0 Å². The Morgan fingerprint density at radius 1 is 1.04 bits per heavy atom. The van der Waals surface area contributed by atoms with E-state index in [0.717, 1.165) is 11.1 Å². The summed E-state index contributed by atoms with van der Waals surface area (Å²) in [5.41, 5.74) is 1.46. The number of hydrogen-bond donors (Lipinski definition) is 2. The molecule has 2 aromatic rings. The van der Waals surface area contributed by atoms with E-state index < -0.39 is 11.7 Å². The summed E-state index contributed by atoms with van der Waals surface area (Å²) < 4.78 is 10.8. The van der Waals surface area contributed by atoms with Crippen molar-refractivity contribution >= 4 is 23.8 Å². The number of ether oxygens (including phenoxy) is 2. The third-order valence-electron chi connectivity index (χ3n) is 3.90. The van der Waals surface area contributed by atoms with Gasteiger partial charge in [0.05, 0.1) is 12.5 Å². The molecule has 0 aromatic heterocycles. The fourth-order valence-corrected chi connectivity index (χ4v) is 2.87. The van der Waals surface area contributed by atoms with Gasteiger partial charge in [0.15, 0.2) is 5.12 Å². The molecule has 0 spiro atoms. The molecule has 0 aliphatic rings. The van der Waals surface area contributed by atoms with E-state index in [1.807, 2.05) is 75.4 Å². The topological polar surface area (TPSA) is 64.6 Å². The highest BCUT2D eigenvalue weighted by Crippen LogP contribution is 2.24. The molecule has 0 saturated carbocycles. The van der Waals surface area contributed by atoms with Crippen LogP contribution in [-0.4, -0.2) is 30.0 Å². The van der Waals surface area contributed by atoms with Gasteiger partial charge in [0.1, 0.15) is 18.0 Å². The standard InChI is InChI=1S/C22H27NO4S/c1-22(2,3)27-21(25)23-13-14-26-18-11-9-16(10-12-18)15-19(20(24)28)17-7-5-4-6-8-17/h4-12,19H,13-15H2,1-3H3,(H,23,25)(H,24,28). The Hall–Kier alpha value is -2.47. The minimum atomic E-state index is -0.521. The molecular formula is C22H27NO4S. The van der Waals surface area contributed by atoms with Gasteiger partial charge in [-0.1, -0.05) is 42.5 Å². The van der Waals surface area contributed by atoms with Crippen LogP contribution in [0.15, 0.2) is 54.6 Å². The first-order valence-corrected chi connectivity index (χ1v) is 9.65. The molecule has 0 heterocycles. The van der Waals surface area contributed by atoms with Crippen LogP contribution < -0.4 is 10.1 Å². The predicted molar refractivity (Wildman–Crippen MR) is 113 cm³/mol. The van der Waals surface area contributed by atoms with Crippen molar-refractivity contribution in [2.24, 2.45) is 0 Å². The summed E-state index contributed by atoms with van der Waals surface area (Å²) in [7, 11) is 0. The number of amides is 1. The molecule has 0 radical (unpaired) electrons. The summed E-state index contributed by atoms with van der Waals surface area (Å²) >= 11 is 4.05. The first-order valence-electron chi connectivity index (χ1n) is 9.21. The van der Waals surface area contributed by atoms with Crippen molar-refractivity contribution in [2.45, 2.75) is 38.7 Å². The molecule has 0 saturated heterocycles. The molecule has 0 bridgehead atoms. The van der Waals surface area contributed by atoms with E-state index >= 15 is 0 Å². The van der Waals surface area contributed by atoms with Gasteiger partial charge in [-0.25, -0.2) is 4.79 Å². The van der Waals surface area contributed by atoms with Crippen LogP contribution in [0.2, 0.25) is 0 Å². The Balaban J connectivity index is 1.83. The van der Waals surface area contributed by atoms with E-state index in [1.165, 1.54) is 0 Å². The highest BCUT2D eigenvalue weighted by Gasteiger charge is 2.18. The number of nitrogens with one attached hydrogen (secondary N) is 1. The molecule has 1 atom stereocenters. The van der Waals surface area contributed by atoms with Gasteiger partial charge in [-0.3, -0.25) is 4.79 Å². The molecule has 0 aliphatic heterocycles. The van der Waals surface area contributed by atoms with Crippen LogP contribution >= 0.6 is 12.6 Å². The lowest BCUT2D eigenvalue weighted by atomic mass is 9.93. The summed E-state index contributed by atoms with van der Waals surface area (Å²) in [5, 5.41) is 2.49. The molecule has 5 nitrogen and oxygen atoms in total. The van der Waals surface area contributed by atoms with Gasteiger partial charge >= 0.3 is 6.09 Å². The lowest BCUT2D eigenvalue weighted by Crippen LogP contribution is -2.34. The van der Waals surface area contributed by atoms with Crippen molar-refractivity contribution in [2.75, 3.05) is 13.2 Å². The third kappa shape index (κ3) is 7.64. The Bertz CT molecular complexity index is 769. The quantitative estimate of drug-likeness (QED) is 0.509. The van der Waals surface area contributed by atoms with Crippen molar-refractivity contribution in [3.05, 3.63) is 65.7 Å². The first kappa shape index (κ1) is 21.8. The zero-order valence-electron chi connectivity index (χ0n) is 16.5. The number of alkyl carbamates (subject to hydrolysis) is 1. The summed E-state index contributed by atoms with van der Waals surface area (Å²) in [5.74, 6) is 0.414. The van der Waals surface area contributed by atoms with Gasteiger partial charge < -0.3 is 14.8 Å². The minimum Gasteiger partial charge on any atom is -0.492 e. The number of benzene rings is 2. The molecule has 150 valence electrons.